The number of halogens is 3. The second-order valence-electron chi connectivity index (χ2n) is 16.0. The molecule has 0 aliphatic rings. The molecule has 0 unspecified atom stereocenters. The zero-order valence-electron chi connectivity index (χ0n) is 44.3. The van der Waals surface area contributed by atoms with Crippen LogP contribution in [0.1, 0.15) is 68.5 Å². The molecule has 0 saturated heterocycles. The van der Waals surface area contributed by atoms with Crippen LogP contribution in [-0.4, -0.2) is 77.0 Å². The second-order valence-corrected chi connectivity index (χ2v) is 27.0. The van der Waals surface area contributed by atoms with Crippen molar-refractivity contribution in [1.29, 1.82) is 0 Å². The Hall–Kier alpha value is -7.10. The molecule has 0 bridgehead atoms. The number of nitrogens with zero attached hydrogens (tertiary/aromatic N) is 2. The van der Waals surface area contributed by atoms with Crippen LogP contribution in [0.25, 0.3) is 0 Å². The van der Waals surface area contributed by atoms with Gasteiger partial charge in [0.25, 0.3) is 20.4 Å². The van der Waals surface area contributed by atoms with Crippen molar-refractivity contribution in [2.75, 3.05) is 43.7 Å². The number of hydrogen-bond donors (Lipinski definition) is 5. The fourth-order valence-electron chi connectivity index (χ4n) is 5.90. The normalized spacial score (nSPS) is 10.6. The lowest BCUT2D eigenvalue weighted by Crippen LogP contribution is -2.09. The van der Waals surface area contributed by atoms with Gasteiger partial charge in [-0.05, 0) is 67.4 Å². The number of esters is 2. The number of anilines is 3. The van der Waals surface area contributed by atoms with Crippen molar-refractivity contribution in [3.05, 3.63) is 165 Å². The van der Waals surface area contributed by atoms with Gasteiger partial charge in [0.05, 0.1) is 41.1 Å². The summed E-state index contributed by atoms with van der Waals surface area (Å²) in [4.78, 5) is 54.2. The van der Waals surface area contributed by atoms with Crippen LogP contribution in [0, 0.1) is 20.2 Å². The zero-order valence-corrected chi connectivity index (χ0v) is 52.3. The summed E-state index contributed by atoms with van der Waals surface area (Å²) in [7, 11) is -0.186. The van der Waals surface area contributed by atoms with Crippen molar-refractivity contribution in [2.45, 2.75) is 47.9 Å². The Kier molecular flexibility index (Phi) is 28.1. The summed E-state index contributed by atoms with van der Waals surface area (Å²) in [6, 6.07) is 34.7. The molecule has 33 heteroatoms. The Morgan fingerprint density at radius 1 is 0.583 bits per heavy atom. The third-order valence-corrected chi connectivity index (χ3v) is 19.0. The predicted molar refractivity (Wildman–Crippen MR) is 330 cm³/mol. The highest BCUT2D eigenvalue weighted by molar-refractivity contribution is 8.15. The molecule has 0 fully saturated rings. The molecular weight excluding hydrogens is 1300 g/mol. The first-order valence-corrected chi connectivity index (χ1v) is 32.6. The number of thiophene rings is 5. The van der Waals surface area contributed by atoms with Crippen LogP contribution in [0.2, 0.25) is 8.67 Å². The minimum absolute atomic E-state index is 0.200. The minimum Gasteiger partial charge on any atom is -0.477 e. The van der Waals surface area contributed by atoms with Gasteiger partial charge in [-0.25, -0.2) is 36.4 Å². The predicted octanol–water partition coefficient (Wildman–Crippen LogP) is 15.1. The first-order chi connectivity index (χ1) is 39.8. The van der Waals surface area contributed by atoms with E-state index in [1.54, 1.807) is 18.2 Å². The van der Waals surface area contributed by atoms with E-state index in [1.807, 2.05) is 91.0 Å². The number of methoxy groups -OCH3 is 2. The van der Waals surface area contributed by atoms with E-state index in [4.69, 9.17) is 68.8 Å². The lowest BCUT2D eigenvalue weighted by Gasteiger charge is -2.08. The van der Waals surface area contributed by atoms with Crippen LogP contribution in [0.3, 0.4) is 0 Å². The van der Waals surface area contributed by atoms with E-state index in [0.29, 0.717) is 64.8 Å². The second kappa shape index (κ2) is 34.0. The molecule has 5 aromatic heterocycles. The molecule has 3 aromatic carbocycles. The van der Waals surface area contributed by atoms with Crippen LogP contribution in [0.4, 0.5) is 28.4 Å². The van der Waals surface area contributed by atoms with Crippen LogP contribution in [0.15, 0.2) is 130 Å². The number of carbonyl (C=O) groups excluding carboxylic acids is 2. The summed E-state index contributed by atoms with van der Waals surface area (Å²) in [6.07, 6.45) is 4.28. The third-order valence-electron chi connectivity index (χ3n) is 9.86. The van der Waals surface area contributed by atoms with Crippen molar-refractivity contribution in [3.8, 4) is 32.4 Å². The highest BCUT2D eigenvalue weighted by atomic mass is 35.7. The number of ether oxygens (including phenoxy) is 5. The lowest BCUT2D eigenvalue weighted by atomic mass is 10.3. The van der Waals surface area contributed by atoms with E-state index in [-0.39, 0.29) is 27.9 Å². The average molecular weight is 1350 g/mol. The number of benzene rings is 3. The summed E-state index contributed by atoms with van der Waals surface area (Å²) in [5.41, 5.74) is 6.86. The van der Waals surface area contributed by atoms with Crippen molar-refractivity contribution in [3.63, 3.8) is 0 Å². The maximum atomic E-state index is 11.7. The molecule has 0 amide bonds. The molecule has 23 nitrogen and oxygen atoms in total. The Bertz CT molecular complexity index is 3610. The van der Waals surface area contributed by atoms with E-state index in [1.165, 1.54) is 36.9 Å². The summed E-state index contributed by atoms with van der Waals surface area (Å²) in [6.45, 7) is 5.90. The molecule has 8 rings (SSSR count). The van der Waals surface area contributed by atoms with Crippen LogP contribution >= 0.6 is 90.6 Å². The molecule has 0 atom stereocenters. The fourth-order valence-corrected chi connectivity index (χ4v) is 13.0. The van der Waals surface area contributed by atoms with Gasteiger partial charge in [-0.1, -0.05) is 138 Å². The number of nitrogens with two attached hydrogens (primary N) is 2. The number of carboxylic acid groups (broad SMARTS) is 1. The first kappa shape index (κ1) is 69.4. The number of primary sulfonamides is 1. The van der Waals surface area contributed by atoms with Crippen molar-refractivity contribution in [1.82, 2.24) is 0 Å². The Morgan fingerprint density at radius 2 is 0.940 bits per heavy atom. The number of para-hydroxylation sites is 3. The van der Waals surface area contributed by atoms with Crippen molar-refractivity contribution in [2.24, 2.45) is 5.14 Å². The van der Waals surface area contributed by atoms with Crippen LogP contribution in [0.5, 0.6) is 32.4 Å². The number of unbranched alkanes of at least 4 members (excludes halogenated alkanes) is 2. The highest BCUT2D eigenvalue weighted by Gasteiger charge is 2.25. The number of carbonyl (C=O) groups is 3. The van der Waals surface area contributed by atoms with Gasteiger partial charge in [-0.15, -0.1) is 22.7 Å². The molecule has 0 spiro atoms. The quantitative estimate of drug-likeness (QED) is 0.0147. The fraction of sp³-hybridized carbons (Fsp3) is 0.196. The van der Waals surface area contributed by atoms with Gasteiger partial charge in [0, 0.05) is 35.9 Å². The van der Waals surface area contributed by atoms with Crippen molar-refractivity contribution >= 4 is 156 Å². The molecular formula is C51H51Cl3N6O17S7. The monoisotopic (exact) mass is 1350 g/mol. The van der Waals surface area contributed by atoms with E-state index in [0.717, 1.165) is 79.4 Å². The van der Waals surface area contributed by atoms with Gasteiger partial charge < -0.3 is 45.2 Å². The molecule has 0 saturated carbocycles. The summed E-state index contributed by atoms with van der Waals surface area (Å²) >= 11 is 15.5. The average Bonchev–Trinajstić information content (AvgIpc) is 4.40. The molecule has 0 aliphatic heterocycles. The standard InChI is InChI=1S/C16H19NO3S.C15H17NO3S.C12H11NO3S.C4HCl2NO4S2.C4H3ClN2O4S2/c1-3-4-10-17-13-11-14(15(18)19-2)21-16(13)20-12-8-6-5-7-9-12;1-2-3-9-16-12-10-13(14(17)18)20-15(12)19-11-7-5-4-6-8-11;1-15-11(14)10-7-9(13)12(17-10)16-8-5-3-2-4-6-8;2*5-4-2(7(8)9)1-3(12-4)13(6,10)11/h5-9,11,17H,3-4,10H2,1-2H3;4-8,10,16H,2-3,9H2,1H3,(H,17,18);2-7H,13H2,1H3;1H;1H,(H2,6,10,11). The molecule has 8 aromatic rings. The number of rotatable bonds is 21. The number of nitrogen functional groups attached to an aromatic ring is 1. The number of aromatic carboxylic acids is 1. The number of sulfonamides is 1. The minimum atomic E-state index is -3.94. The van der Waals surface area contributed by atoms with Gasteiger partial charge in [0.15, 0.2) is 8.67 Å². The number of carboxylic acids is 1. The third kappa shape index (κ3) is 22.5. The van der Waals surface area contributed by atoms with Gasteiger partial charge in [0.2, 0.25) is 25.2 Å². The summed E-state index contributed by atoms with van der Waals surface area (Å²) in [5.74, 6) is 0.430. The summed E-state index contributed by atoms with van der Waals surface area (Å²) in [5, 5.41) is 42.6. The molecule has 0 radical (unpaired) electrons. The van der Waals surface area contributed by atoms with Crippen molar-refractivity contribution < 1.29 is 69.9 Å². The zero-order chi connectivity index (χ0) is 62.1. The first-order valence-electron chi connectivity index (χ1n) is 23.9. The van der Waals surface area contributed by atoms with E-state index < -0.39 is 52.2 Å². The van der Waals surface area contributed by atoms with E-state index in [2.05, 4.69) is 29.2 Å². The number of nitro groups is 2. The number of hydrogen-bond acceptors (Lipinski definition) is 24. The molecule has 5 heterocycles. The van der Waals surface area contributed by atoms with Crippen LogP contribution in [-0.2, 0) is 28.5 Å². The van der Waals surface area contributed by atoms with E-state index >= 15 is 0 Å². The van der Waals surface area contributed by atoms with Gasteiger partial charge in [-0.3, -0.25) is 20.2 Å². The molecule has 0 aliphatic carbocycles. The topological polar surface area (TPSA) is 348 Å². The maximum absolute atomic E-state index is 11.7. The van der Waals surface area contributed by atoms with E-state index in [9.17, 15) is 51.4 Å². The lowest BCUT2D eigenvalue weighted by molar-refractivity contribution is -0.384. The Labute approximate surface area is 516 Å². The molecule has 84 heavy (non-hydrogen) atoms. The van der Waals surface area contributed by atoms with Gasteiger partial charge in [0.1, 0.15) is 40.3 Å². The molecule has 7 N–H and O–H groups in total. The Balaban J connectivity index is 0.000000228. The van der Waals surface area contributed by atoms with Gasteiger partial charge >= 0.3 is 17.9 Å². The maximum Gasteiger partial charge on any atom is 0.348 e. The van der Waals surface area contributed by atoms with Gasteiger partial charge in [-0.2, -0.15) is 0 Å². The smallest absolute Gasteiger partial charge is 0.348 e. The highest BCUT2D eigenvalue weighted by Crippen LogP contribution is 2.42. The largest absolute Gasteiger partial charge is 0.477 e. The van der Waals surface area contributed by atoms with Crippen LogP contribution < -0.4 is 35.7 Å². The SMILES string of the molecule is CCCCNc1cc(C(=O)O)sc1Oc1ccccc1.CCCCNc1cc(C(=O)OC)sc1Oc1ccccc1.COC(=O)c1cc(N)c(Oc2ccccc2)s1.NS(=O)(=O)c1cc([N+](=O)[O-])c(Cl)s1.O=[N+]([O-])c1cc(S(=O)(=O)Cl)sc1Cl. The Morgan fingerprint density at radius 3 is 1.27 bits per heavy atom. The molecule has 450 valence electrons. The number of nitrogens with one attached hydrogen (secondary N) is 2. The summed E-state index contributed by atoms with van der Waals surface area (Å²) < 4.78 is 68.4.